The Labute approximate surface area is 152 Å². The van der Waals surface area contributed by atoms with Gasteiger partial charge in [0.15, 0.2) is 5.17 Å². The van der Waals surface area contributed by atoms with Gasteiger partial charge in [-0.15, -0.1) is 0 Å². The Balaban J connectivity index is 1.80. The number of aliphatic imine (C=N–C) groups is 1. The van der Waals surface area contributed by atoms with Crippen LogP contribution >= 0.6 is 11.8 Å². The van der Waals surface area contributed by atoms with Crippen LogP contribution in [0, 0.1) is 0 Å². The Morgan fingerprint density at radius 1 is 1.32 bits per heavy atom. The first-order valence-electron chi connectivity index (χ1n) is 8.13. The van der Waals surface area contributed by atoms with Gasteiger partial charge in [-0.2, -0.15) is 0 Å². The van der Waals surface area contributed by atoms with Gasteiger partial charge in [0.1, 0.15) is 0 Å². The zero-order valence-corrected chi connectivity index (χ0v) is 15.0. The molecule has 1 unspecified atom stereocenters. The molecule has 0 spiro atoms. The van der Waals surface area contributed by atoms with E-state index < -0.39 is 0 Å². The van der Waals surface area contributed by atoms with Gasteiger partial charge in [-0.05, 0) is 48.7 Å². The van der Waals surface area contributed by atoms with Gasteiger partial charge in [0.2, 0.25) is 0 Å². The van der Waals surface area contributed by atoms with Gasteiger partial charge in [-0.1, -0.05) is 48.7 Å². The molecule has 2 aromatic rings. The third-order valence-electron chi connectivity index (χ3n) is 4.35. The van der Waals surface area contributed by atoms with E-state index in [1.54, 1.807) is 30.0 Å². The average Bonchev–Trinajstić information content (AvgIpc) is 2.62. The Hall–Kier alpha value is -2.53. The monoisotopic (exact) mass is 351 g/mol. The van der Waals surface area contributed by atoms with Crippen molar-refractivity contribution in [2.45, 2.75) is 18.9 Å². The van der Waals surface area contributed by atoms with Gasteiger partial charge in [0.05, 0.1) is 5.54 Å². The number of rotatable bonds is 4. The van der Waals surface area contributed by atoms with Gasteiger partial charge in [-0.25, -0.2) is 0 Å². The second kappa shape index (κ2) is 7.15. The standard InChI is InChI=1S/C20H21N3OS/c1-3-14-7-9-15(10-8-14)18(24)22-17-6-4-5-16(13-17)20(2)11-12-25-19(21)23-20/h3-10,13H,1,11-12H2,2H3,(H2,21,23)(H,22,24). The predicted molar refractivity (Wildman–Crippen MR) is 107 cm³/mol. The van der Waals surface area contributed by atoms with Gasteiger partial charge in [0, 0.05) is 17.0 Å². The van der Waals surface area contributed by atoms with Crippen molar-refractivity contribution >= 4 is 34.6 Å². The molecule has 4 nitrogen and oxygen atoms in total. The molecule has 25 heavy (non-hydrogen) atoms. The number of amides is 1. The topological polar surface area (TPSA) is 67.5 Å². The highest BCUT2D eigenvalue weighted by atomic mass is 32.2. The van der Waals surface area contributed by atoms with Gasteiger partial charge < -0.3 is 11.1 Å². The Morgan fingerprint density at radius 3 is 2.76 bits per heavy atom. The van der Waals surface area contributed by atoms with Crippen LogP contribution in [0.1, 0.15) is 34.8 Å². The molecule has 0 aliphatic carbocycles. The van der Waals surface area contributed by atoms with Crippen LogP contribution in [0.3, 0.4) is 0 Å². The van der Waals surface area contributed by atoms with Gasteiger partial charge in [0.25, 0.3) is 5.91 Å². The molecule has 128 valence electrons. The molecule has 3 rings (SSSR count). The SMILES string of the molecule is C=Cc1ccc(C(=O)Nc2cccc(C3(C)CCSC(N)=N3)c2)cc1. The Bertz CT molecular complexity index is 829. The zero-order valence-electron chi connectivity index (χ0n) is 14.2. The van der Waals surface area contributed by atoms with Crippen LogP contribution in [-0.2, 0) is 5.54 Å². The summed E-state index contributed by atoms with van der Waals surface area (Å²) in [4.78, 5) is 17.1. The van der Waals surface area contributed by atoms with Crippen molar-refractivity contribution in [3.63, 3.8) is 0 Å². The Kier molecular flexibility index (Phi) is 4.95. The van der Waals surface area contributed by atoms with Crippen molar-refractivity contribution in [3.8, 4) is 0 Å². The fraction of sp³-hybridized carbons (Fsp3) is 0.200. The number of hydrogen-bond acceptors (Lipinski definition) is 4. The van der Waals surface area contributed by atoms with E-state index in [0.717, 1.165) is 29.0 Å². The number of nitrogens with one attached hydrogen (secondary N) is 1. The molecule has 1 aliphatic heterocycles. The Morgan fingerprint density at radius 2 is 2.08 bits per heavy atom. The molecule has 0 radical (unpaired) electrons. The predicted octanol–water partition coefficient (Wildman–Crippen LogP) is 4.25. The second-order valence-electron chi connectivity index (χ2n) is 6.18. The van der Waals surface area contributed by atoms with E-state index in [0.29, 0.717) is 10.7 Å². The van der Waals surface area contributed by atoms with E-state index in [9.17, 15) is 4.79 Å². The number of nitrogens with two attached hydrogens (primary N) is 1. The van der Waals surface area contributed by atoms with Crippen molar-refractivity contribution < 1.29 is 4.79 Å². The van der Waals surface area contributed by atoms with Crippen molar-refractivity contribution in [1.29, 1.82) is 0 Å². The lowest BCUT2D eigenvalue weighted by Crippen LogP contribution is -2.28. The number of anilines is 1. The van der Waals surface area contributed by atoms with Crippen LogP contribution in [0.4, 0.5) is 5.69 Å². The fourth-order valence-electron chi connectivity index (χ4n) is 2.80. The number of benzene rings is 2. The minimum Gasteiger partial charge on any atom is -0.379 e. The molecule has 0 aromatic heterocycles. The molecule has 2 aromatic carbocycles. The van der Waals surface area contributed by atoms with Crippen LogP contribution in [0.25, 0.3) is 6.08 Å². The van der Waals surface area contributed by atoms with E-state index in [4.69, 9.17) is 5.73 Å². The summed E-state index contributed by atoms with van der Waals surface area (Å²) in [5, 5.41) is 3.57. The molecule has 1 atom stereocenters. The average molecular weight is 351 g/mol. The highest BCUT2D eigenvalue weighted by Crippen LogP contribution is 2.35. The summed E-state index contributed by atoms with van der Waals surface area (Å²) in [7, 11) is 0. The lowest BCUT2D eigenvalue weighted by Gasteiger charge is -2.30. The molecule has 0 saturated heterocycles. The van der Waals surface area contributed by atoms with Gasteiger partial charge in [-0.3, -0.25) is 9.79 Å². The maximum Gasteiger partial charge on any atom is 0.255 e. The summed E-state index contributed by atoms with van der Waals surface area (Å²) in [6.07, 6.45) is 2.67. The summed E-state index contributed by atoms with van der Waals surface area (Å²) in [6, 6.07) is 15.1. The summed E-state index contributed by atoms with van der Waals surface area (Å²) < 4.78 is 0. The third kappa shape index (κ3) is 3.94. The first-order chi connectivity index (χ1) is 12.0. The summed E-state index contributed by atoms with van der Waals surface area (Å²) in [6.45, 7) is 5.80. The fourth-order valence-corrected chi connectivity index (χ4v) is 3.78. The largest absolute Gasteiger partial charge is 0.379 e. The van der Waals surface area contributed by atoms with Crippen molar-refractivity contribution in [2.75, 3.05) is 11.1 Å². The first kappa shape index (κ1) is 17.3. The van der Waals surface area contributed by atoms with Gasteiger partial charge >= 0.3 is 0 Å². The molecule has 1 heterocycles. The van der Waals surface area contributed by atoms with E-state index in [1.807, 2.05) is 36.4 Å². The summed E-state index contributed by atoms with van der Waals surface area (Å²) in [5.41, 5.74) is 8.95. The molecular weight excluding hydrogens is 330 g/mol. The highest BCUT2D eigenvalue weighted by Gasteiger charge is 2.29. The van der Waals surface area contributed by atoms with Crippen LogP contribution < -0.4 is 11.1 Å². The lowest BCUT2D eigenvalue weighted by molar-refractivity contribution is 0.102. The van der Waals surface area contributed by atoms with E-state index in [1.165, 1.54) is 0 Å². The normalized spacial score (nSPS) is 19.8. The van der Waals surface area contributed by atoms with E-state index in [-0.39, 0.29) is 11.4 Å². The highest BCUT2D eigenvalue weighted by molar-refractivity contribution is 8.13. The maximum atomic E-state index is 12.4. The number of amidine groups is 1. The molecule has 0 bridgehead atoms. The maximum absolute atomic E-state index is 12.4. The van der Waals surface area contributed by atoms with Crippen LogP contribution in [-0.4, -0.2) is 16.8 Å². The smallest absolute Gasteiger partial charge is 0.255 e. The van der Waals surface area contributed by atoms with Crippen LogP contribution in [0.15, 0.2) is 60.1 Å². The third-order valence-corrected chi connectivity index (χ3v) is 5.14. The first-order valence-corrected chi connectivity index (χ1v) is 9.11. The quantitative estimate of drug-likeness (QED) is 0.865. The second-order valence-corrected chi connectivity index (χ2v) is 7.30. The molecule has 5 heteroatoms. The zero-order chi connectivity index (χ0) is 17.9. The van der Waals surface area contributed by atoms with E-state index in [2.05, 4.69) is 23.8 Å². The van der Waals surface area contributed by atoms with E-state index >= 15 is 0 Å². The number of carbonyl (C=O) groups is 1. The lowest BCUT2D eigenvalue weighted by atomic mass is 9.89. The van der Waals surface area contributed by atoms with Crippen molar-refractivity contribution in [1.82, 2.24) is 0 Å². The molecule has 0 saturated carbocycles. The minimum absolute atomic E-state index is 0.139. The summed E-state index contributed by atoms with van der Waals surface area (Å²) >= 11 is 1.58. The molecule has 1 aliphatic rings. The minimum atomic E-state index is -0.346. The van der Waals surface area contributed by atoms with Crippen LogP contribution in [0.5, 0.6) is 0 Å². The molecule has 3 N–H and O–H groups in total. The van der Waals surface area contributed by atoms with Crippen molar-refractivity contribution in [3.05, 3.63) is 71.8 Å². The summed E-state index contributed by atoms with van der Waals surface area (Å²) in [5.74, 6) is 0.804. The van der Waals surface area contributed by atoms with Crippen molar-refractivity contribution in [2.24, 2.45) is 10.7 Å². The molecule has 0 fully saturated rings. The number of thioether (sulfide) groups is 1. The molecule has 1 amide bonds. The number of nitrogens with zero attached hydrogens (tertiary/aromatic N) is 1. The van der Waals surface area contributed by atoms with Crippen LogP contribution in [0.2, 0.25) is 0 Å². The number of hydrogen-bond donors (Lipinski definition) is 2. The number of carbonyl (C=O) groups excluding carboxylic acids is 1. The molecular formula is C20H21N3OS.